The Balaban J connectivity index is 1.65. The van der Waals surface area contributed by atoms with E-state index in [9.17, 15) is 26.7 Å². The molecule has 12 heteroatoms. The summed E-state index contributed by atoms with van der Waals surface area (Å²) in [6.07, 6.45) is -1.13. The third-order valence-corrected chi connectivity index (χ3v) is 5.70. The Kier molecular flexibility index (Phi) is 7.89. The molecule has 0 spiro atoms. The molecule has 2 heterocycles. The van der Waals surface area contributed by atoms with Gasteiger partial charge in [0.1, 0.15) is 23.2 Å². The number of aromatic nitrogens is 1. The third-order valence-electron chi connectivity index (χ3n) is 5.08. The predicted octanol–water partition coefficient (Wildman–Crippen LogP) is 6.01. The number of hydrogen-bond donors (Lipinski definition) is 0. The molecule has 3 rings (SSSR count). The molecule has 0 radical (unpaired) electrons. The summed E-state index contributed by atoms with van der Waals surface area (Å²) in [7, 11) is 0. The number of halogens is 7. The van der Waals surface area contributed by atoms with Gasteiger partial charge in [-0.2, -0.15) is 8.78 Å². The SMILES string of the molecule is C[C@@H]1CCCN1C(=O)c1cc(Cl)c(COc2cnc(OCC(F)(F)C(F)F)c(Cl)c2)cc1F. The van der Waals surface area contributed by atoms with Crippen LogP contribution in [0.1, 0.15) is 35.7 Å². The number of carbonyl (C=O) groups is 1. The summed E-state index contributed by atoms with van der Waals surface area (Å²) in [5.41, 5.74) is 0.109. The van der Waals surface area contributed by atoms with Gasteiger partial charge in [-0.15, -0.1) is 0 Å². The second-order valence-electron chi connectivity index (χ2n) is 7.51. The van der Waals surface area contributed by atoms with Gasteiger partial charge >= 0.3 is 12.3 Å². The number of nitrogens with zero attached hydrogens (tertiary/aromatic N) is 2. The number of rotatable bonds is 8. The van der Waals surface area contributed by atoms with Crippen LogP contribution in [0, 0.1) is 5.82 Å². The molecule has 1 aromatic heterocycles. The number of benzene rings is 1. The van der Waals surface area contributed by atoms with Crippen LogP contribution in [0.15, 0.2) is 24.4 Å². The number of likely N-dealkylation sites (tertiary alicyclic amines) is 1. The van der Waals surface area contributed by atoms with Gasteiger partial charge in [0.05, 0.1) is 11.8 Å². The van der Waals surface area contributed by atoms with Gasteiger partial charge < -0.3 is 14.4 Å². The van der Waals surface area contributed by atoms with E-state index in [0.717, 1.165) is 25.1 Å². The molecule has 2 aromatic rings. The van der Waals surface area contributed by atoms with Gasteiger partial charge in [-0.05, 0) is 31.9 Å². The zero-order chi connectivity index (χ0) is 24.3. The van der Waals surface area contributed by atoms with E-state index in [1.54, 1.807) is 4.90 Å². The first kappa shape index (κ1) is 25.3. The highest BCUT2D eigenvalue weighted by Crippen LogP contribution is 2.30. The Labute approximate surface area is 196 Å². The molecule has 1 aliphatic rings. The molecule has 0 saturated carbocycles. The fourth-order valence-electron chi connectivity index (χ4n) is 3.23. The van der Waals surface area contributed by atoms with Crippen molar-refractivity contribution in [3.63, 3.8) is 0 Å². The van der Waals surface area contributed by atoms with Crippen LogP contribution in [0.5, 0.6) is 11.6 Å². The van der Waals surface area contributed by atoms with Crippen LogP contribution >= 0.6 is 23.2 Å². The van der Waals surface area contributed by atoms with Crippen LogP contribution < -0.4 is 9.47 Å². The number of hydrogen-bond acceptors (Lipinski definition) is 4. The molecular formula is C21H19Cl2F5N2O3. The van der Waals surface area contributed by atoms with Gasteiger partial charge in [-0.25, -0.2) is 18.2 Å². The molecule has 180 valence electrons. The molecule has 0 bridgehead atoms. The molecule has 0 aliphatic carbocycles. The molecule has 1 aliphatic heterocycles. The Hall–Kier alpha value is -2.33. The number of pyridine rings is 1. The van der Waals surface area contributed by atoms with Crippen molar-refractivity contribution in [2.45, 2.75) is 44.8 Å². The Morgan fingerprint density at radius 3 is 2.58 bits per heavy atom. The Morgan fingerprint density at radius 1 is 1.24 bits per heavy atom. The van der Waals surface area contributed by atoms with E-state index in [-0.39, 0.29) is 39.6 Å². The lowest BCUT2D eigenvalue weighted by atomic mass is 10.1. The first-order valence-corrected chi connectivity index (χ1v) is 10.6. The van der Waals surface area contributed by atoms with Crippen molar-refractivity contribution in [2.24, 2.45) is 0 Å². The summed E-state index contributed by atoms with van der Waals surface area (Å²) in [6, 6.07) is 3.52. The minimum Gasteiger partial charge on any atom is -0.487 e. The standard InChI is InChI=1S/C21H19Cl2F5N2O3/c1-11-3-2-4-30(11)19(31)14-7-15(22)12(5-17(14)24)9-32-13-6-16(23)18(29-8-13)33-10-21(27,28)20(25)26/h5-8,11,20H,2-4,9-10H2,1H3/t11-/m1/s1. The summed E-state index contributed by atoms with van der Waals surface area (Å²) in [5, 5.41) is -0.143. The first-order chi connectivity index (χ1) is 15.5. The van der Waals surface area contributed by atoms with E-state index in [1.807, 2.05) is 6.92 Å². The smallest absolute Gasteiger partial charge is 0.340 e. The molecule has 1 amide bonds. The molecule has 0 unspecified atom stereocenters. The van der Waals surface area contributed by atoms with E-state index in [0.29, 0.717) is 6.54 Å². The fourth-order valence-corrected chi connectivity index (χ4v) is 3.66. The van der Waals surface area contributed by atoms with E-state index < -0.39 is 36.6 Å². The van der Waals surface area contributed by atoms with Gasteiger partial charge in [-0.1, -0.05) is 23.2 Å². The second-order valence-corrected chi connectivity index (χ2v) is 8.32. The van der Waals surface area contributed by atoms with Crippen molar-refractivity contribution in [1.29, 1.82) is 0 Å². The van der Waals surface area contributed by atoms with Crippen LogP contribution in [0.2, 0.25) is 10.0 Å². The summed E-state index contributed by atoms with van der Waals surface area (Å²) >= 11 is 12.1. The molecule has 0 N–H and O–H groups in total. The molecule has 33 heavy (non-hydrogen) atoms. The van der Waals surface area contributed by atoms with Crippen molar-refractivity contribution in [2.75, 3.05) is 13.2 Å². The highest BCUT2D eigenvalue weighted by atomic mass is 35.5. The van der Waals surface area contributed by atoms with Gasteiger partial charge in [0.25, 0.3) is 5.91 Å². The van der Waals surface area contributed by atoms with Crippen molar-refractivity contribution < 1.29 is 36.2 Å². The van der Waals surface area contributed by atoms with E-state index in [4.69, 9.17) is 27.9 Å². The maximum Gasteiger partial charge on any atom is 0.340 e. The molecule has 1 fully saturated rings. The summed E-state index contributed by atoms with van der Waals surface area (Å²) in [5.74, 6) is -5.96. The minimum atomic E-state index is -4.36. The minimum absolute atomic E-state index is 0.0180. The Morgan fingerprint density at radius 2 is 1.97 bits per heavy atom. The van der Waals surface area contributed by atoms with Gasteiger partial charge in [0.15, 0.2) is 6.61 Å². The monoisotopic (exact) mass is 512 g/mol. The average Bonchev–Trinajstić information content (AvgIpc) is 3.18. The predicted molar refractivity (Wildman–Crippen MR) is 111 cm³/mol. The van der Waals surface area contributed by atoms with Crippen LogP contribution in [-0.4, -0.2) is 47.3 Å². The van der Waals surface area contributed by atoms with E-state index in [1.165, 1.54) is 12.1 Å². The molecule has 1 saturated heterocycles. The largest absolute Gasteiger partial charge is 0.487 e. The highest BCUT2D eigenvalue weighted by Gasteiger charge is 2.42. The molecule has 5 nitrogen and oxygen atoms in total. The zero-order valence-corrected chi connectivity index (χ0v) is 18.8. The van der Waals surface area contributed by atoms with Crippen LogP contribution in [0.25, 0.3) is 0 Å². The maximum absolute atomic E-state index is 14.6. The lowest BCUT2D eigenvalue weighted by Gasteiger charge is -2.22. The van der Waals surface area contributed by atoms with Gasteiger partial charge in [0.2, 0.25) is 5.88 Å². The quantitative estimate of drug-likeness (QED) is 0.406. The summed E-state index contributed by atoms with van der Waals surface area (Å²) in [4.78, 5) is 17.9. The highest BCUT2D eigenvalue weighted by molar-refractivity contribution is 6.32. The number of alkyl halides is 4. The second kappa shape index (κ2) is 10.3. The molecular weight excluding hydrogens is 494 g/mol. The van der Waals surface area contributed by atoms with E-state index in [2.05, 4.69) is 9.72 Å². The lowest BCUT2D eigenvalue weighted by Crippen LogP contribution is -2.34. The molecule has 1 aromatic carbocycles. The van der Waals surface area contributed by atoms with E-state index >= 15 is 0 Å². The van der Waals surface area contributed by atoms with Gasteiger partial charge in [-0.3, -0.25) is 4.79 Å². The maximum atomic E-state index is 14.6. The van der Waals surface area contributed by atoms with Crippen molar-refractivity contribution in [3.8, 4) is 11.6 Å². The van der Waals surface area contributed by atoms with Crippen LogP contribution in [0.4, 0.5) is 22.0 Å². The van der Waals surface area contributed by atoms with Crippen LogP contribution in [-0.2, 0) is 6.61 Å². The topological polar surface area (TPSA) is 51.7 Å². The van der Waals surface area contributed by atoms with Gasteiger partial charge in [0, 0.05) is 29.2 Å². The summed E-state index contributed by atoms with van der Waals surface area (Å²) < 4.78 is 75.0. The van der Waals surface area contributed by atoms with Crippen molar-refractivity contribution in [3.05, 3.63) is 51.4 Å². The zero-order valence-electron chi connectivity index (χ0n) is 17.3. The number of amides is 1. The van der Waals surface area contributed by atoms with Crippen molar-refractivity contribution in [1.82, 2.24) is 9.88 Å². The normalized spacial score (nSPS) is 16.4. The van der Waals surface area contributed by atoms with Crippen molar-refractivity contribution >= 4 is 29.1 Å². The Bertz CT molecular complexity index is 1030. The first-order valence-electron chi connectivity index (χ1n) is 9.85. The molecule has 1 atom stereocenters. The third kappa shape index (κ3) is 5.97. The summed E-state index contributed by atoms with van der Waals surface area (Å²) in [6.45, 7) is 0.626. The average molecular weight is 513 g/mol. The lowest BCUT2D eigenvalue weighted by molar-refractivity contribution is -0.148. The van der Waals surface area contributed by atoms with Crippen LogP contribution in [0.3, 0.4) is 0 Å². The fraction of sp³-hybridized carbons (Fsp3) is 0.429. The number of ether oxygens (including phenoxy) is 2. The number of carbonyl (C=O) groups excluding carboxylic acids is 1.